The Morgan fingerprint density at radius 2 is 2.47 bits per heavy atom. The maximum Gasteiger partial charge on any atom is 0.329 e. The molecule has 1 aliphatic heterocycles. The van der Waals surface area contributed by atoms with Crippen LogP contribution in [0.15, 0.2) is 11.1 Å². The van der Waals surface area contributed by atoms with Crippen molar-refractivity contribution in [1.82, 2.24) is 4.90 Å². The van der Waals surface area contributed by atoms with Gasteiger partial charge in [-0.25, -0.2) is 0 Å². The van der Waals surface area contributed by atoms with E-state index in [0.717, 1.165) is 11.8 Å². The van der Waals surface area contributed by atoms with Crippen molar-refractivity contribution in [2.24, 2.45) is 0 Å². The van der Waals surface area contributed by atoms with Crippen molar-refractivity contribution >= 4 is 23.6 Å². The summed E-state index contributed by atoms with van der Waals surface area (Å²) in [6, 6.07) is 1.82. The summed E-state index contributed by atoms with van der Waals surface area (Å²) in [6.45, 7) is 1.92. The van der Waals surface area contributed by atoms with Gasteiger partial charge in [0.2, 0.25) is 0 Å². The number of nitriles is 1. The standard InChI is InChI=1S/C9H10N2O3S/c1-3-14-9(13)7-8(12)11(2)6(15-7)4-5-10/h4,7H,3H2,1-2H3/b6-4-. The van der Waals surface area contributed by atoms with Gasteiger partial charge in [0.25, 0.3) is 5.91 Å². The molecule has 0 aromatic heterocycles. The molecule has 5 nitrogen and oxygen atoms in total. The van der Waals surface area contributed by atoms with Gasteiger partial charge in [-0.15, -0.1) is 0 Å². The fourth-order valence-electron chi connectivity index (χ4n) is 1.09. The van der Waals surface area contributed by atoms with Crippen LogP contribution in [0.4, 0.5) is 0 Å². The number of thioether (sulfide) groups is 1. The number of hydrogen-bond donors (Lipinski definition) is 0. The molecule has 0 saturated carbocycles. The van der Waals surface area contributed by atoms with Crippen LogP contribution in [0.2, 0.25) is 0 Å². The first-order valence-corrected chi connectivity index (χ1v) is 5.20. The van der Waals surface area contributed by atoms with Gasteiger partial charge in [0.1, 0.15) is 0 Å². The summed E-state index contributed by atoms with van der Waals surface area (Å²) in [7, 11) is 1.53. The molecule has 0 aliphatic carbocycles. The summed E-state index contributed by atoms with van der Waals surface area (Å²) in [4.78, 5) is 24.2. The lowest BCUT2D eigenvalue weighted by molar-refractivity contribution is -0.146. The first kappa shape index (κ1) is 11.6. The Kier molecular flexibility index (Phi) is 3.74. The van der Waals surface area contributed by atoms with E-state index in [1.807, 2.05) is 6.07 Å². The van der Waals surface area contributed by atoms with Gasteiger partial charge >= 0.3 is 5.97 Å². The second-order valence-corrected chi connectivity index (χ2v) is 3.88. The number of ether oxygens (including phenoxy) is 1. The summed E-state index contributed by atoms with van der Waals surface area (Å²) in [5.41, 5.74) is 0. The second kappa shape index (κ2) is 4.84. The van der Waals surface area contributed by atoms with E-state index in [0.29, 0.717) is 5.03 Å². The number of carbonyl (C=O) groups excluding carboxylic acids is 2. The smallest absolute Gasteiger partial charge is 0.329 e. The van der Waals surface area contributed by atoms with E-state index in [-0.39, 0.29) is 12.5 Å². The third-order valence-corrected chi connectivity index (χ3v) is 3.08. The zero-order chi connectivity index (χ0) is 11.4. The lowest BCUT2D eigenvalue weighted by atomic mass is 10.4. The minimum Gasteiger partial charge on any atom is -0.465 e. The topological polar surface area (TPSA) is 70.4 Å². The van der Waals surface area contributed by atoms with Crippen molar-refractivity contribution in [3.05, 3.63) is 11.1 Å². The van der Waals surface area contributed by atoms with Crippen molar-refractivity contribution in [1.29, 1.82) is 5.26 Å². The molecule has 80 valence electrons. The van der Waals surface area contributed by atoms with E-state index in [9.17, 15) is 9.59 Å². The van der Waals surface area contributed by atoms with Crippen LogP contribution >= 0.6 is 11.8 Å². The molecule has 1 atom stereocenters. The van der Waals surface area contributed by atoms with Crippen LogP contribution in [0, 0.1) is 11.3 Å². The molecule has 0 aromatic carbocycles. The van der Waals surface area contributed by atoms with Crippen LogP contribution in [0.1, 0.15) is 6.92 Å². The van der Waals surface area contributed by atoms with E-state index >= 15 is 0 Å². The van der Waals surface area contributed by atoms with Crippen molar-refractivity contribution in [3.63, 3.8) is 0 Å². The van der Waals surface area contributed by atoms with Gasteiger partial charge in [-0.2, -0.15) is 5.26 Å². The molecule has 0 N–H and O–H groups in total. The predicted molar refractivity (Wildman–Crippen MR) is 54.5 cm³/mol. The average molecular weight is 226 g/mol. The number of carbonyl (C=O) groups is 2. The molecular weight excluding hydrogens is 216 g/mol. The fourth-order valence-corrected chi connectivity index (χ4v) is 2.12. The van der Waals surface area contributed by atoms with Crippen LogP contribution in [-0.4, -0.2) is 35.7 Å². The van der Waals surface area contributed by atoms with Gasteiger partial charge in [-0.3, -0.25) is 9.59 Å². The van der Waals surface area contributed by atoms with Gasteiger partial charge in [0.05, 0.1) is 17.7 Å². The number of nitrogens with zero attached hydrogens (tertiary/aromatic N) is 2. The zero-order valence-electron chi connectivity index (χ0n) is 8.39. The Labute approximate surface area is 91.7 Å². The van der Waals surface area contributed by atoms with Gasteiger partial charge in [0, 0.05) is 13.1 Å². The van der Waals surface area contributed by atoms with Gasteiger partial charge < -0.3 is 9.64 Å². The van der Waals surface area contributed by atoms with Gasteiger partial charge in [-0.1, -0.05) is 11.8 Å². The molecule has 0 spiro atoms. The first-order chi connectivity index (χ1) is 7.11. The van der Waals surface area contributed by atoms with Crippen molar-refractivity contribution < 1.29 is 14.3 Å². The zero-order valence-corrected chi connectivity index (χ0v) is 9.21. The largest absolute Gasteiger partial charge is 0.465 e. The Morgan fingerprint density at radius 1 is 1.80 bits per heavy atom. The molecule has 1 aliphatic rings. The van der Waals surface area contributed by atoms with Crippen molar-refractivity contribution in [2.75, 3.05) is 13.7 Å². The van der Waals surface area contributed by atoms with Crippen LogP contribution in [0.5, 0.6) is 0 Å². The number of rotatable bonds is 2. The summed E-state index contributed by atoms with van der Waals surface area (Å²) < 4.78 is 4.75. The Hall–Kier alpha value is -1.48. The maximum absolute atomic E-state index is 11.6. The lowest BCUT2D eigenvalue weighted by Gasteiger charge is -2.07. The number of amides is 1. The minimum absolute atomic E-state index is 0.240. The lowest BCUT2D eigenvalue weighted by Crippen LogP contribution is -2.31. The molecule has 1 unspecified atom stereocenters. The number of esters is 1. The summed E-state index contributed by atoms with van der Waals surface area (Å²) in [6.07, 6.45) is 1.24. The molecule has 1 saturated heterocycles. The summed E-state index contributed by atoms with van der Waals surface area (Å²) in [5.74, 6) is -0.902. The van der Waals surface area contributed by atoms with E-state index in [4.69, 9.17) is 10.00 Å². The van der Waals surface area contributed by atoms with E-state index in [1.54, 1.807) is 6.92 Å². The number of allylic oxidation sites excluding steroid dienone is 1. The molecule has 1 amide bonds. The monoisotopic (exact) mass is 226 g/mol. The average Bonchev–Trinajstić information content (AvgIpc) is 2.47. The third kappa shape index (κ3) is 2.30. The normalized spacial score (nSPS) is 23.0. The molecule has 0 aromatic rings. The Balaban J connectivity index is 2.81. The van der Waals surface area contributed by atoms with Crippen LogP contribution < -0.4 is 0 Å². The SMILES string of the molecule is CCOC(=O)C1S/C(=C\C#N)N(C)C1=O. The van der Waals surface area contributed by atoms with E-state index in [1.165, 1.54) is 18.0 Å². The number of hydrogen-bond acceptors (Lipinski definition) is 5. The molecule has 0 radical (unpaired) electrons. The minimum atomic E-state index is -0.866. The van der Waals surface area contributed by atoms with Crippen molar-refractivity contribution in [3.8, 4) is 6.07 Å². The van der Waals surface area contributed by atoms with Gasteiger partial charge in [0.15, 0.2) is 5.25 Å². The molecule has 0 bridgehead atoms. The maximum atomic E-state index is 11.6. The van der Waals surface area contributed by atoms with Crippen LogP contribution in [-0.2, 0) is 14.3 Å². The molecular formula is C9H10N2O3S. The summed E-state index contributed by atoms with van der Waals surface area (Å²) >= 11 is 1.04. The van der Waals surface area contributed by atoms with E-state index in [2.05, 4.69) is 0 Å². The predicted octanol–water partition coefficient (Wildman–Crippen LogP) is 0.488. The molecule has 1 rings (SSSR count). The van der Waals surface area contributed by atoms with Crippen LogP contribution in [0.3, 0.4) is 0 Å². The summed E-state index contributed by atoms with van der Waals surface area (Å²) in [5, 5.41) is 8.07. The molecule has 15 heavy (non-hydrogen) atoms. The second-order valence-electron chi connectivity index (χ2n) is 2.76. The highest BCUT2D eigenvalue weighted by molar-refractivity contribution is 8.05. The highest BCUT2D eigenvalue weighted by Gasteiger charge is 2.40. The van der Waals surface area contributed by atoms with Crippen molar-refractivity contribution in [2.45, 2.75) is 12.2 Å². The Morgan fingerprint density at radius 3 is 3.00 bits per heavy atom. The molecule has 1 fully saturated rings. The highest BCUT2D eigenvalue weighted by Crippen LogP contribution is 2.34. The Bertz CT molecular complexity index is 359. The highest BCUT2D eigenvalue weighted by atomic mass is 32.2. The quantitative estimate of drug-likeness (QED) is 0.389. The van der Waals surface area contributed by atoms with Gasteiger partial charge in [-0.05, 0) is 6.92 Å². The van der Waals surface area contributed by atoms with E-state index < -0.39 is 11.2 Å². The third-order valence-electron chi connectivity index (χ3n) is 1.81. The molecule has 1 heterocycles. The fraction of sp³-hybridized carbons (Fsp3) is 0.444. The first-order valence-electron chi connectivity index (χ1n) is 4.32. The van der Waals surface area contributed by atoms with Crippen LogP contribution in [0.25, 0.3) is 0 Å². The molecule has 6 heteroatoms.